The number of hydrogen-bond acceptors (Lipinski definition) is 2. The van der Waals surface area contributed by atoms with Crippen molar-refractivity contribution in [1.82, 2.24) is 9.78 Å². The summed E-state index contributed by atoms with van der Waals surface area (Å²) in [6.45, 7) is 0. The summed E-state index contributed by atoms with van der Waals surface area (Å²) in [6, 6.07) is 0. The molecule has 1 aromatic rings. The molecule has 6 heteroatoms. The van der Waals surface area contributed by atoms with Crippen molar-refractivity contribution in [2.75, 3.05) is 0 Å². The molecule has 72 valence electrons. The van der Waals surface area contributed by atoms with Crippen molar-refractivity contribution in [2.24, 2.45) is 7.05 Å². The van der Waals surface area contributed by atoms with Gasteiger partial charge in [-0.15, -0.1) is 0 Å². The van der Waals surface area contributed by atoms with Crippen LogP contribution in [0.5, 0.6) is 0 Å². The Bertz CT molecular complexity index is 366. The number of aromatic nitrogens is 2. The van der Waals surface area contributed by atoms with Gasteiger partial charge in [-0.05, 0) is 6.42 Å². The maximum atomic E-state index is 12.7. The first kappa shape index (κ1) is 12.3. The number of hydrogen-bond donors (Lipinski definition) is 1. The molecule has 1 fully saturated rings. The number of nitrogens with zero attached hydrogens (tertiary/aromatic N) is 2. The second kappa shape index (κ2) is 4.40. The molecule has 0 radical (unpaired) electrons. The van der Waals surface area contributed by atoms with E-state index in [1.54, 1.807) is 7.05 Å². The quantitative estimate of drug-likeness (QED) is 0.735. The molecular formula is C8H10FKN2O2. The second-order valence-corrected chi connectivity index (χ2v) is 3.23. The maximum absolute atomic E-state index is 12.7. The zero-order valence-electron chi connectivity index (χ0n) is 7.07. The van der Waals surface area contributed by atoms with Crippen molar-refractivity contribution < 1.29 is 14.3 Å². The van der Waals surface area contributed by atoms with Crippen LogP contribution in [0.25, 0.3) is 0 Å². The van der Waals surface area contributed by atoms with E-state index in [-0.39, 0.29) is 62.9 Å². The first-order valence-corrected chi connectivity index (χ1v) is 4.00. The van der Waals surface area contributed by atoms with Crippen LogP contribution < -0.4 is 0 Å². The van der Waals surface area contributed by atoms with Crippen LogP contribution in [-0.2, 0) is 7.05 Å². The number of carbonyl (C=O) groups is 1. The fourth-order valence-electron chi connectivity index (χ4n) is 1.50. The molecule has 1 aliphatic rings. The Morgan fingerprint density at radius 2 is 2.36 bits per heavy atom. The molecule has 0 spiro atoms. The van der Waals surface area contributed by atoms with Gasteiger partial charge >= 0.3 is 57.4 Å². The van der Waals surface area contributed by atoms with Gasteiger partial charge in [0, 0.05) is 13.0 Å². The molecule has 1 saturated carbocycles. The normalized spacial score (nSPS) is 24.1. The van der Waals surface area contributed by atoms with Crippen molar-refractivity contribution in [3.63, 3.8) is 0 Å². The van der Waals surface area contributed by atoms with Crippen LogP contribution in [0.15, 0.2) is 6.20 Å². The van der Waals surface area contributed by atoms with E-state index in [0.717, 1.165) is 0 Å². The van der Waals surface area contributed by atoms with Gasteiger partial charge in [0.05, 0.1) is 11.9 Å². The summed E-state index contributed by atoms with van der Waals surface area (Å²) in [4.78, 5) is 10.7. The third-order valence-electron chi connectivity index (χ3n) is 2.28. The predicted molar refractivity (Wildman–Crippen MR) is 49.6 cm³/mol. The minimum absolute atomic E-state index is 0. The predicted octanol–water partition coefficient (Wildman–Crippen LogP) is 0.295. The van der Waals surface area contributed by atoms with Gasteiger partial charge in [0.1, 0.15) is 11.7 Å². The summed E-state index contributed by atoms with van der Waals surface area (Å²) in [6.07, 6.45) is 0.788. The molecular weight excluding hydrogens is 214 g/mol. The zero-order chi connectivity index (χ0) is 9.59. The fraction of sp³-hybridized carbons (Fsp3) is 0.500. The Labute approximate surface area is 123 Å². The molecule has 1 aliphatic carbocycles. The van der Waals surface area contributed by atoms with E-state index < -0.39 is 12.1 Å². The van der Waals surface area contributed by atoms with E-state index in [1.807, 2.05) is 0 Å². The Hall–Kier alpha value is 0.246. The third-order valence-corrected chi connectivity index (χ3v) is 2.28. The summed E-state index contributed by atoms with van der Waals surface area (Å²) in [5.41, 5.74) is 0.618. The van der Waals surface area contributed by atoms with Gasteiger partial charge in [-0.3, -0.25) is 4.68 Å². The van der Waals surface area contributed by atoms with E-state index in [9.17, 15) is 9.18 Å². The van der Waals surface area contributed by atoms with Gasteiger partial charge < -0.3 is 5.11 Å². The monoisotopic (exact) mass is 224 g/mol. The van der Waals surface area contributed by atoms with Crippen molar-refractivity contribution in [1.29, 1.82) is 0 Å². The molecule has 2 rings (SSSR count). The second-order valence-electron chi connectivity index (χ2n) is 3.23. The Morgan fingerprint density at radius 1 is 1.79 bits per heavy atom. The number of carboxylic acid groups (broad SMARTS) is 1. The molecule has 2 atom stereocenters. The molecule has 1 N–H and O–H groups in total. The number of rotatable bonds is 2. The molecule has 0 aliphatic heterocycles. The van der Waals surface area contributed by atoms with Crippen LogP contribution in [0.1, 0.15) is 28.4 Å². The Kier molecular flexibility index (Phi) is 3.87. The van der Waals surface area contributed by atoms with Gasteiger partial charge in [0.25, 0.3) is 0 Å². The Balaban J connectivity index is 0.000000980. The van der Waals surface area contributed by atoms with Crippen LogP contribution in [0.2, 0.25) is 0 Å². The van der Waals surface area contributed by atoms with Crippen LogP contribution in [0, 0.1) is 0 Å². The molecule has 0 aromatic carbocycles. The minimum atomic E-state index is -1.04. The first-order chi connectivity index (χ1) is 6.11. The summed E-state index contributed by atoms with van der Waals surface area (Å²) < 4.78 is 14.2. The van der Waals surface area contributed by atoms with Gasteiger partial charge in [0.15, 0.2) is 0 Å². The van der Waals surface area contributed by atoms with E-state index in [0.29, 0.717) is 12.1 Å². The molecule has 4 nitrogen and oxygen atoms in total. The number of carboxylic acids is 1. The van der Waals surface area contributed by atoms with E-state index in [4.69, 9.17) is 5.11 Å². The van der Waals surface area contributed by atoms with E-state index in [2.05, 4.69) is 5.10 Å². The van der Waals surface area contributed by atoms with Crippen LogP contribution >= 0.6 is 0 Å². The molecule has 1 heterocycles. The summed E-state index contributed by atoms with van der Waals surface area (Å²) >= 11 is 0. The number of halogens is 1. The molecule has 0 saturated heterocycles. The average molecular weight is 224 g/mol. The van der Waals surface area contributed by atoms with Crippen LogP contribution in [0.4, 0.5) is 4.39 Å². The van der Waals surface area contributed by atoms with E-state index >= 15 is 0 Å². The topological polar surface area (TPSA) is 55.1 Å². The number of aromatic carboxylic acids is 1. The van der Waals surface area contributed by atoms with Crippen molar-refractivity contribution in [2.45, 2.75) is 18.5 Å². The molecule has 14 heavy (non-hydrogen) atoms. The molecule has 1 aromatic heterocycles. The standard InChI is InChI=1S/C8H9FN2O2.K.H/c1-11-7(4-2-6(4)9)5(3-10-11)8(12)13;;/h3-4,6H,2H2,1H3,(H,12,13);;. The van der Waals surface area contributed by atoms with Crippen LogP contribution in [-0.4, -0.2) is 78.4 Å². The fourth-order valence-corrected chi connectivity index (χ4v) is 1.50. The third kappa shape index (κ3) is 2.09. The first-order valence-electron chi connectivity index (χ1n) is 4.00. The number of aryl methyl sites for hydroxylation is 1. The zero-order valence-corrected chi connectivity index (χ0v) is 7.07. The van der Waals surface area contributed by atoms with Crippen molar-refractivity contribution >= 4 is 57.4 Å². The average Bonchev–Trinajstić information content (AvgIpc) is 2.60. The van der Waals surface area contributed by atoms with Crippen molar-refractivity contribution in [3.8, 4) is 0 Å². The van der Waals surface area contributed by atoms with E-state index in [1.165, 1.54) is 10.9 Å². The summed E-state index contributed by atoms with van der Waals surface area (Å²) in [5.74, 6) is -1.30. The Morgan fingerprint density at radius 3 is 2.79 bits per heavy atom. The van der Waals surface area contributed by atoms with Crippen molar-refractivity contribution in [3.05, 3.63) is 17.5 Å². The molecule has 0 bridgehead atoms. The van der Waals surface area contributed by atoms with Gasteiger partial charge in [0.2, 0.25) is 0 Å². The summed E-state index contributed by atoms with van der Waals surface area (Å²) in [5, 5.41) is 12.6. The van der Waals surface area contributed by atoms with Gasteiger partial charge in [-0.25, -0.2) is 9.18 Å². The van der Waals surface area contributed by atoms with Gasteiger partial charge in [-0.2, -0.15) is 5.10 Å². The molecule has 2 unspecified atom stereocenters. The van der Waals surface area contributed by atoms with Gasteiger partial charge in [-0.1, -0.05) is 0 Å². The summed E-state index contributed by atoms with van der Waals surface area (Å²) in [7, 11) is 1.63. The number of alkyl halides is 1. The molecule has 0 amide bonds. The van der Waals surface area contributed by atoms with Crippen LogP contribution in [0.3, 0.4) is 0 Å². The SMILES string of the molecule is Cn1ncc(C(=O)O)c1C1CC1F.[KH].